The Morgan fingerprint density at radius 3 is 2.31 bits per heavy atom. The first kappa shape index (κ1) is 15.2. The highest BCUT2D eigenvalue weighted by Crippen LogP contribution is 2.30. The molecule has 0 unspecified atom stereocenters. The van der Waals surface area contributed by atoms with Gasteiger partial charge in [-0.3, -0.25) is 0 Å². The molecule has 1 aromatic carbocycles. The molecule has 0 saturated heterocycles. The Hall–Kier alpha value is -0.780. The molecule has 0 radical (unpaired) electrons. The standard InChI is InChI=1S/C10H12F3NO.ClH/c1-6(15)9(14)7-3-2-4-8(5-7)10(11,12)13;/h2-6,9,15H,14H2,1H3;1H/t6-,9+;/m0./s1. The summed E-state index contributed by atoms with van der Waals surface area (Å²) < 4.78 is 37.0. The van der Waals surface area contributed by atoms with Crippen molar-refractivity contribution in [3.63, 3.8) is 0 Å². The molecular weight excluding hydrogens is 243 g/mol. The van der Waals surface area contributed by atoms with Crippen LogP contribution < -0.4 is 5.73 Å². The van der Waals surface area contributed by atoms with Gasteiger partial charge in [0.1, 0.15) is 0 Å². The van der Waals surface area contributed by atoms with Crippen molar-refractivity contribution in [2.75, 3.05) is 0 Å². The lowest BCUT2D eigenvalue weighted by Crippen LogP contribution is -2.23. The quantitative estimate of drug-likeness (QED) is 0.853. The highest BCUT2D eigenvalue weighted by Gasteiger charge is 2.30. The van der Waals surface area contributed by atoms with Gasteiger partial charge >= 0.3 is 6.18 Å². The Morgan fingerprint density at radius 1 is 1.31 bits per heavy atom. The molecule has 0 amide bonds. The zero-order valence-electron chi connectivity index (χ0n) is 8.53. The number of hydrogen-bond donors (Lipinski definition) is 2. The third-order valence-corrected chi connectivity index (χ3v) is 2.12. The minimum atomic E-state index is -4.38. The van der Waals surface area contributed by atoms with Crippen molar-refractivity contribution >= 4 is 12.4 Å². The lowest BCUT2D eigenvalue weighted by atomic mass is 10.0. The molecule has 0 aromatic heterocycles. The Balaban J connectivity index is 0.00000225. The number of aliphatic hydroxyl groups excluding tert-OH is 1. The van der Waals surface area contributed by atoms with E-state index >= 15 is 0 Å². The number of halogens is 4. The monoisotopic (exact) mass is 255 g/mol. The third kappa shape index (κ3) is 3.66. The second kappa shape index (κ2) is 5.52. The molecule has 16 heavy (non-hydrogen) atoms. The Labute approximate surface area is 97.7 Å². The Bertz CT molecular complexity index is 341. The first-order chi connectivity index (χ1) is 6.82. The van der Waals surface area contributed by atoms with E-state index in [1.54, 1.807) is 0 Å². The maximum absolute atomic E-state index is 12.3. The number of alkyl halides is 3. The molecule has 0 saturated carbocycles. The van der Waals surface area contributed by atoms with Gasteiger partial charge in [-0.25, -0.2) is 0 Å². The minimum absolute atomic E-state index is 0. The van der Waals surface area contributed by atoms with E-state index in [2.05, 4.69) is 0 Å². The second-order valence-corrected chi connectivity index (χ2v) is 3.39. The molecule has 0 bridgehead atoms. The van der Waals surface area contributed by atoms with Gasteiger partial charge < -0.3 is 10.8 Å². The van der Waals surface area contributed by atoms with Crippen LogP contribution in [0.2, 0.25) is 0 Å². The van der Waals surface area contributed by atoms with E-state index in [9.17, 15) is 13.2 Å². The highest BCUT2D eigenvalue weighted by molar-refractivity contribution is 5.85. The molecule has 0 fully saturated rings. The van der Waals surface area contributed by atoms with Gasteiger partial charge in [-0.1, -0.05) is 12.1 Å². The largest absolute Gasteiger partial charge is 0.416 e. The second-order valence-electron chi connectivity index (χ2n) is 3.39. The van der Waals surface area contributed by atoms with Crippen LogP contribution >= 0.6 is 12.4 Å². The van der Waals surface area contributed by atoms with Gasteiger partial charge in [-0.05, 0) is 24.6 Å². The Kier molecular flexibility index (Phi) is 5.25. The third-order valence-electron chi connectivity index (χ3n) is 2.12. The van der Waals surface area contributed by atoms with Gasteiger partial charge in [0.2, 0.25) is 0 Å². The van der Waals surface area contributed by atoms with E-state index in [0.29, 0.717) is 0 Å². The molecule has 0 aliphatic rings. The van der Waals surface area contributed by atoms with E-state index in [-0.39, 0.29) is 18.0 Å². The van der Waals surface area contributed by atoms with Gasteiger partial charge in [0.15, 0.2) is 0 Å². The van der Waals surface area contributed by atoms with Gasteiger partial charge in [-0.2, -0.15) is 13.2 Å². The lowest BCUT2D eigenvalue weighted by Gasteiger charge is -2.16. The van der Waals surface area contributed by atoms with E-state index in [4.69, 9.17) is 10.8 Å². The summed E-state index contributed by atoms with van der Waals surface area (Å²) in [5.41, 5.74) is 5.06. The van der Waals surface area contributed by atoms with Gasteiger partial charge in [0.25, 0.3) is 0 Å². The molecular formula is C10H13ClF3NO. The summed E-state index contributed by atoms with van der Waals surface area (Å²) in [5.74, 6) is 0. The number of hydrogen-bond acceptors (Lipinski definition) is 2. The molecule has 92 valence electrons. The fourth-order valence-electron chi connectivity index (χ4n) is 1.20. The predicted molar refractivity (Wildman–Crippen MR) is 57.3 cm³/mol. The summed E-state index contributed by atoms with van der Waals surface area (Å²) in [5, 5.41) is 9.16. The zero-order valence-corrected chi connectivity index (χ0v) is 9.35. The summed E-state index contributed by atoms with van der Waals surface area (Å²) in [6, 6.07) is 3.87. The van der Waals surface area contributed by atoms with Crippen LogP contribution in [-0.2, 0) is 6.18 Å². The van der Waals surface area contributed by atoms with Crippen molar-refractivity contribution in [1.29, 1.82) is 0 Å². The number of benzene rings is 1. The van der Waals surface area contributed by atoms with Crippen LogP contribution in [0.15, 0.2) is 24.3 Å². The van der Waals surface area contributed by atoms with Gasteiger partial charge in [0, 0.05) is 0 Å². The van der Waals surface area contributed by atoms with Crippen molar-refractivity contribution in [1.82, 2.24) is 0 Å². The smallest absolute Gasteiger partial charge is 0.391 e. The zero-order chi connectivity index (χ0) is 11.6. The van der Waals surface area contributed by atoms with Crippen molar-refractivity contribution in [3.05, 3.63) is 35.4 Å². The molecule has 0 aliphatic heterocycles. The maximum atomic E-state index is 12.3. The van der Waals surface area contributed by atoms with Crippen LogP contribution in [0.4, 0.5) is 13.2 Å². The van der Waals surface area contributed by atoms with Crippen molar-refractivity contribution < 1.29 is 18.3 Å². The van der Waals surface area contributed by atoms with E-state index in [0.717, 1.165) is 12.1 Å². The van der Waals surface area contributed by atoms with Crippen LogP contribution in [0, 0.1) is 0 Å². The fourth-order valence-corrected chi connectivity index (χ4v) is 1.20. The molecule has 0 aliphatic carbocycles. The number of rotatable bonds is 2. The summed E-state index contributed by atoms with van der Waals surface area (Å²) >= 11 is 0. The average molecular weight is 256 g/mol. The normalized spacial score (nSPS) is 15.1. The van der Waals surface area contributed by atoms with Crippen molar-refractivity contribution in [3.8, 4) is 0 Å². The molecule has 6 heteroatoms. The first-order valence-electron chi connectivity index (χ1n) is 4.43. The first-order valence-corrected chi connectivity index (χ1v) is 4.43. The van der Waals surface area contributed by atoms with Crippen molar-refractivity contribution in [2.45, 2.75) is 25.2 Å². The van der Waals surface area contributed by atoms with Crippen LogP contribution in [-0.4, -0.2) is 11.2 Å². The molecule has 0 spiro atoms. The summed E-state index contributed by atoms with van der Waals surface area (Å²) in [7, 11) is 0. The van der Waals surface area contributed by atoms with E-state index in [1.807, 2.05) is 0 Å². The van der Waals surface area contributed by atoms with E-state index in [1.165, 1.54) is 19.1 Å². The summed E-state index contributed by atoms with van der Waals surface area (Å²) in [6.45, 7) is 1.44. The fraction of sp³-hybridized carbons (Fsp3) is 0.400. The SMILES string of the molecule is C[C@H](O)[C@@H](N)c1cccc(C(F)(F)F)c1.Cl. The number of aliphatic hydroxyl groups is 1. The number of nitrogens with two attached hydrogens (primary N) is 1. The minimum Gasteiger partial charge on any atom is -0.391 e. The van der Waals surface area contributed by atoms with Crippen LogP contribution in [0.1, 0.15) is 24.1 Å². The molecule has 2 nitrogen and oxygen atoms in total. The van der Waals surface area contributed by atoms with Crippen LogP contribution in [0.25, 0.3) is 0 Å². The maximum Gasteiger partial charge on any atom is 0.416 e. The molecule has 2 atom stereocenters. The highest BCUT2D eigenvalue weighted by atomic mass is 35.5. The van der Waals surface area contributed by atoms with Crippen LogP contribution in [0.3, 0.4) is 0 Å². The molecule has 1 aromatic rings. The molecule has 0 heterocycles. The van der Waals surface area contributed by atoms with Crippen LogP contribution in [0.5, 0.6) is 0 Å². The summed E-state index contributed by atoms with van der Waals surface area (Å²) in [6.07, 6.45) is -5.26. The topological polar surface area (TPSA) is 46.2 Å². The van der Waals surface area contributed by atoms with Gasteiger partial charge in [-0.15, -0.1) is 12.4 Å². The molecule has 3 N–H and O–H groups in total. The van der Waals surface area contributed by atoms with E-state index < -0.39 is 23.9 Å². The average Bonchev–Trinajstić information content (AvgIpc) is 2.15. The summed E-state index contributed by atoms with van der Waals surface area (Å²) in [4.78, 5) is 0. The van der Waals surface area contributed by atoms with Gasteiger partial charge in [0.05, 0.1) is 17.7 Å². The molecule has 1 rings (SSSR count). The van der Waals surface area contributed by atoms with Crippen molar-refractivity contribution in [2.24, 2.45) is 5.73 Å². The lowest BCUT2D eigenvalue weighted by molar-refractivity contribution is -0.137. The Morgan fingerprint density at radius 2 is 1.88 bits per heavy atom. The predicted octanol–water partition coefficient (Wildman–Crippen LogP) is 2.51.